The molecule has 1 unspecified atom stereocenters. The lowest BCUT2D eigenvalue weighted by molar-refractivity contribution is -0.128. The zero-order chi connectivity index (χ0) is 20.3. The van der Waals surface area contributed by atoms with E-state index >= 15 is 0 Å². The van der Waals surface area contributed by atoms with Gasteiger partial charge in [-0.05, 0) is 42.5 Å². The number of hydrogen-bond acceptors (Lipinski definition) is 3. The third kappa shape index (κ3) is 4.90. The van der Waals surface area contributed by atoms with Gasteiger partial charge in [0.15, 0.2) is 0 Å². The van der Waals surface area contributed by atoms with Crippen LogP contribution in [0.3, 0.4) is 0 Å². The zero-order valence-electron chi connectivity index (χ0n) is 17.5. The molecule has 0 aliphatic carbocycles. The lowest BCUT2D eigenvalue weighted by atomic mass is 9.86. The van der Waals surface area contributed by atoms with Gasteiger partial charge in [0.25, 0.3) is 5.91 Å². The van der Waals surface area contributed by atoms with Crippen LogP contribution in [0, 0.1) is 11.8 Å². The van der Waals surface area contributed by atoms with Crippen molar-refractivity contribution in [3.8, 4) is 0 Å². The number of nitrogens with one attached hydrogen (secondary N) is 1. The van der Waals surface area contributed by atoms with Gasteiger partial charge in [0.05, 0.1) is 5.54 Å². The highest BCUT2D eigenvalue weighted by molar-refractivity contribution is 6.07. The second kappa shape index (κ2) is 9.59. The van der Waals surface area contributed by atoms with E-state index in [0.29, 0.717) is 32.5 Å². The van der Waals surface area contributed by atoms with Crippen LogP contribution < -0.4 is 11.1 Å². The minimum atomic E-state index is -0.396. The Kier molecular flexibility index (Phi) is 7.66. The van der Waals surface area contributed by atoms with Gasteiger partial charge in [0.1, 0.15) is 0 Å². The van der Waals surface area contributed by atoms with Crippen LogP contribution in [0.25, 0.3) is 10.8 Å². The molecule has 0 radical (unpaired) electrons. The molecule has 0 spiro atoms. The molecule has 6 heteroatoms. The third-order valence-corrected chi connectivity index (χ3v) is 6.28. The molecule has 1 saturated heterocycles. The van der Waals surface area contributed by atoms with E-state index in [4.69, 9.17) is 5.73 Å². The van der Waals surface area contributed by atoms with Gasteiger partial charge in [-0.25, -0.2) is 0 Å². The molecule has 0 aromatic heterocycles. The van der Waals surface area contributed by atoms with Crippen molar-refractivity contribution in [2.24, 2.45) is 17.6 Å². The molecule has 1 aliphatic heterocycles. The van der Waals surface area contributed by atoms with Crippen LogP contribution in [-0.2, 0) is 4.79 Å². The van der Waals surface area contributed by atoms with Gasteiger partial charge in [-0.2, -0.15) is 0 Å². The second-order valence-corrected chi connectivity index (χ2v) is 8.36. The van der Waals surface area contributed by atoms with Crippen molar-refractivity contribution in [3.63, 3.8) is 0 Å². The summed E-state index contributed by atoms with van der Waals surface area (Å²) in [5.74, 6) is 0.291. The van der Waals surface area contributed by atoms with Gasteiger partial charge >= 0.3 is 0 Å². The maximum absolute atomic E-state index is 13.1. The third-order valence-electron chi connectivity index (χ3n) is 6.28. The Morgan fingerprint density at radius 3 is 2.38 bits per heavy atom. The molecule has 2 aromatic rings. The first-order valence-corrected chi connectivity index (χ1v) is 10.1. The molecule has 0 saturated carbocycles. The Morgan fingerprint density at radius 1 is 1.14 bits per heavy atom. The maximum atomic E-state index is 13.1. The first-order chi connectivity index (χ1) is 13.4. The summed E-state index contributed by atoms with van der Waals surface area (Å²) < 4.78 is 0. The van der Waals surface area contributed by atoms with Crippen LogP contribution >= 0.6 is 12.4 Å². The highest BCUT2D eigenvalue weighted by atomic mass is 35.5. The molecular formula is C23H32ClN3O2. The van der Waals surface area contributed by atoms with Gasteiger partial charge < -0.3 is 16.0 Å². The standard InChI is InChI=1S/C23H31N3O2.ClH/c1-16(2)23(3,15-24)25-21(27)18-11-13-26(14-12-18)22(28)20-10-6-8-17-7-4-5-9-19(17)20;/h4-10,16,18H,11-15,24H2,1-3H3,(H,25,27);1H. The number of amides is 2. The monoisotopic (exact) mass is 417 g/mol. The Hall–Kier alpha value is -2.11. The average molecular weight is 418 g/mol. The van der Waals surface area contributed by atoms with Gasteiger partial charge in [-0.1, -0.05) is 50.2 Å². The number of benzene rings is 2. The molecule has 0 bridgehead atoms. The van der Waals surface area contributed by atoms with E-state index in [1.54, 1.807) is 0 Å². The van der Waals surface area contributed by atoms with Crippen molar-refractivity contribution < 1.29 is 9.59 Å². The summed E-state index contributed by atoms with van der Waals surface area (Å²) in [4.78, 5) is 27.7. The summed E-state index contributed by atoms with van der Waals surface area (Å²) in [5.41, 5.74) is 6.23. The van der Waals surface area contributed by atoms with Gasteiger partial charge in [0.2, 0.25) is 5.91 Å². The number of rotatable bonds is 5. The summed E-state index contributed by atoms with van der Waals surface area (Å²) in [6.07, 6.45) is 1.36. The van der Waals surface area contributed by atoms with Crippen molar-refractivity contribution in [3.05, 3.63) is 48.0 Å². The van der Waals surface area contributed by atoms with E-state index in [9.17, 15) is 9.59 Å². The van der Waals surface area contributed by atoms with E-state index < -0.39 is 5.54 Å². The molecule has 1 heterocycles. The van der Waals surface area contributed by atoms with Crippen LogP contribution in [0.1, 0.15) is 44.0 Å². The van der Waals surface area contributed by atoms with Gasteiger partial charge in [-0.15, -0.1) is 12.4 Å². The number of nitrogens with two attached hydrogens (primary N) is 1. The van der Waals surface area contributed by atoms with E-state index in [1.807, 2.05) is 54.3 Å². The Labute approximate surface area is 179 Å². The number of likely N-dealkylation sites (tertiary alicyclic amines) is 1. The van der Waals surface area contributed by atoms with Crippen molar-refractivity contribution in [2.45, 2.75) is 39.2 Å². The fraction of sp³-hybridized carbons (Fsp3) is 0.478. The van der Waals surface area contributed by atoms with Crippen LogP contribution in [0.4, 0.5) is 0 Å². The number of halogens is 1. The summed E-state index contributed by atoms with van der Waals surface area (Å²) in [5, 5.41) is 5.19. The Balaban J connectivity index is 0.00000300. The van der Waals surface area contributed by atoms with Crippen molar-refractivity contribution in [2.75, 3.05) is 19.6 Å². The van der Waals surface area contributed by atoms with E-state index in [-0.39, 0.29) is 36.1 Å². The second-order valence-electron chi connectivity index (χ2n) is 8.36. The lowest BCUT2D eigenvalue weighted by Crippen LogP contribution is -2.57. The molecule has 3 N–H and O–H groups in total. The van der Waals surface area contributed by atoms with E-state index in [2.05, 4.69) is 19.2 Å². The lowest BCUT2D eigenvalue weighted by Gasteiger charge is -2.37. The molecule has 3 rings (SSSR count). The van der Waals surface area contributed by atoms with Gasteiger partial charge in [-0.3, -0.25) is 9.59 Å². The number of carbonyl (C=O) groups excluding carboxylic acids is 2. The highest BCUT2D eigenvalue weighted by Crippen LogP contribution is 2.25. The minimum absolute atomic E-state index is 0. The molecule has 2 aromatic carbocycles. The topological polar surface area (TPSA) is 75.4 Å². The van der Waals surface area contributed by atoms with Crippen LogP contribution in [0.5, 0.6) is 0 Å². The Morgan fingerprint density at radius 2 is 1.76 bits per heavy atom. The van der Waals surface area contributed by atoms with Crippen molar-refractivity contribution in [1.82, 2.24) is 10.2 Å². The molecular weight excluding hydrogens is 386 g/mol. The first kappa shape index (κ1) is 23.2. The Bertz CT molecular complexity index is 857. The summed E-state index contributed by atoms with van der Waals surface area (Å²) in [6, 6.07) is 13.8. The van der Waals surface area contributed by atoms with Crippen LogP contribution in [0.2, 0.25) is 0 Å². The molecule has 1 aliphatic rings. The van der Waals surface area contributed by atoms with E-state index in [1.165, 1.54) is 0 Å². The summed E-state index contributed by atoms with van der Waals surface area (Å²) >= 11 is 0. The van der Waals surface area contributed by atoms with Crippen molar-refractivity contribution in [1.29, 1.82) is 0 Å². The molecule has 29 heavy (non-hydrogen) atoms. The van der Waals surface area contributed by atoms with E-state index in [0.717, 1.165) is 16.3 Å². The number of piperidine rings is 1. The predicted octanol–water partition coefficient (Wildman–Crippen LogP) is 3.60. The summed E-state index contributed by atoms with van der Waals surface area (Å²) in [6.45, 7) is 7.74. The fourth-order valence-electron chi connectivity index (χ4n) is 3.74. The quantitative estimate of drug-likeness (QED) is 0.780. The highest BCUT2D eigenvalue weighted by Gasteiger charge is 2.34. The smallest absolute Gasteiger partial charge is 0.254 e. The number of carbonyl (C=O) groups is 2. The minimum Gasteiger partial charge on any atom is -0.349 e. The molecule has 1 atom stereocenters. The molecule has 158 valence electrons. The summed E-state index contributed by atoms with van der Waals surface area (Å²) in [7, 11) is 0. The fourth-order valence-corrected chi connectivity index (χ4v) is 3.74. The molecule has 5 nitrogen and oxygen atoms in total. The predicted molar refractivity (Wildman–Crippen MR) is 120 cm³/mol. The largest absolute Gasteiger partial charge is 0.349 e. The normalized spacial score (nSPS) is 16.9. The number of fused-ring (bicyclic) bond motifs is 1. The SMILES string of the molecule is CC(C)C(C)(CN)NC(=O)C1CCN(C(=O)c2cccc3ccccc23)CC1.Cl. The number of hydrogen-bond donors (Lipinski definition) is 2. The first-order valence-electron chi connectivity index (χ1n) is 10.1. The van der Waals surface area contributed by atoms with Crippen molar-refractivity contribution >= 4 is 35.0 Å². The van der Waals surface area contributed by atoms with Crippen LogP contribution in [-0.4, -0.2) is 41.9 Å². The molecule has 1 fully saturated rings. The number of nitrogens with zero attached hydrogens (tertiary/aromatic N) is 1. The zero-order valence-corrected chi connectivity index (χ0v) is 18.3. The average Bonchev–Trinajstić information content (AvgIpc) is 2.72. The maximum Gasteiger partial charge on any atom is 0.254 e. The van der Waals surface area contributed by atoms with Gasteiger partial charge in [0, 0.05) is 31.1 Å². The molecule has 2 amide bonds. The van der Waals surface area contributed by atoms with Crippen LogP contribution in [0.15, 0.2) is 42.5 Å².